The van der Waals surface area contributed by atoms with Crippen molar-refractivity contribution in [2.24, 2.45) is 0 Å². The molecule has 2 amide bonds. The van der Waals surface area contributed by atoms with Crippen LogP contribution in [0.4, 0.5) is 5.69 Å². The summed E-state index contributed by atoms with van der Waals surface area (Å²) in [6.07, 6.45) is 0.354. The second-order valence-corrected chi connectivity index (χ2v) is 7.97. The quantitative estimate of drug-likeness (QED) is 0.691. The third-order valence-electron chi connectivity index (χ3n) is 4.84. The normalized spacial score (nSPS) is 14.5. The van der Waals surface area contributed by atoms with Crippen molar-refractivity contribution in [1.29, 1.82) is 0 Å². The monoisotopic (exact) mass is 394 g/mol. The lowest BCUT2D eigenvalue weighted by molar-refractivity contribution is -0.125. The molecule has 0 saturated heterocycles. The summed E-state index contributed by atoms with van der Waals surface area (Å²) in [5.41, 5.74) is 1.75. The molecule has 2 heterocycles. The Labute approximate surface area is 168 Å². The van der Waals surface area contributed by atoms with Gasteiger partial charge >= 0.3 is 0 Å². The Morgan fingerprint density at radius 1 is 1.14 bits per heavy atom. The summed E-state index contributed by atoms with van der Waals surface area (Å²) < 4.78 is 5.80. The highest BCUT2D eigenvalue weighted by atomic mass is 32.2. The smallest absolute Gasteiger partial charge is 0.227 e. The highest BCUT2D eigenvalue weighted by molar-refractivity contribution is 7.99. The molecule has 0 fully saturated rings. The number of benzene rings is 2. The Bertz CT molecular complexity index is 981. The van der Waals surface area contributed by atoms with Crippen LogP contribution >= 0.6 is 11.8 Å². The molecule has 1 atom stereocenters. The van der Waals surface area contributed by atoms with E-state index in [1.165, 1.54) is 0 Å². The highest BCUT2D eigenvalue weighted by Gasteiger charge is 2.23. The van der Waals surface area contributed by atoms with Crippen LogP contribution in [0.3, 0.4) is 0 Å². The van der Waals surface area contributed by atoms with E-state index in [2.05, 4.69) is 5.32 Å². The van der Waals surface area contributed by atoms with Crippen LogP contribution in [-0.4, -0.2) is 24.1 Å². The van der Waals surface area contributed by atoms with Crippen molar-refractivity contribution < 1.29 is 14.0 Å². The molecule has 0 saturated carbocycles. The van der Waals surface area contributed by atoms with Gasteiger partial charge in [0.05, 0.1) is 11.7 Å². The standard InChI is InChI=1S/C22H22N2O3S/c1-15(19-14-16-6-2-4-8-18(16)27-19)23-21(25)10-11-22(26)24-12-13-28-20-9-5-3-7-17(20)24/h2-9,14-15H,10-13H2,1H3,(H,23,25). The maximum Gasteiger partial charge on any atom is 0.227 e. The molecule has 0 aliphatic carbocycles. The van der Waals surface area contributed by atoms with Gasteiger partial charge in [-0.2, -0.15) is 0 Å². The third-order valence-corrected chi connectivity index (χ3v) is 5.89. The molecule has 4 rings (SSSR count). The summed E-state index contributed by atoms with van der Waals surface area (Å²) >= 11 is 1.76. The number of carbonyl (C=O) groups excluding carboxylic acids is 2. The largest absolute Gasteiger partial charge is 0.459 e. The number of hydrogen-bond acceptors (Lipinski definition) is 4. The summed E-state index contributed by atoms with van der Waals surface area (Å²) in [5.74, 6) is 1.42. The minimum Gasteiger partial charge on any atom is -0.459 e. The first kappa shape index (κ1) is 18.6. The van der Waals surface area contributed by atoms with Crippen LogP contribution < -0.4 is 10.2 Å². The third kappa shape index (κ3) is 3.92. The van der Waals surface area contributed by atoms with E-state index in [0.717, 1.165) is 27.3 Å². The molecule has 1 N–H and O–H groups in total. The molecule has 5 nitrogen and oxygen atoms in total. The molecule has 3 aromatic rings. The molecule has 1 unspecified atom stereocenters. The van der Waals surface area contributed by atoms with Crippen molar-refractivity contribution in [3.8, 4) is 0 Å². The Hall–Kier alpha value is -2.73. The van der Waals surface area contributed by atoms with E-state index in [-0.39, 0.29) is 30.7 Å². The lowest BCUT2D eigenvalue weighted by atomic mass is 10.2. The zero-order chi connectivity index (χ0) is 19.5. The average Bonchev–Trinajstić information content (AvgIpc) is 3.16. The maximum absolute atomic E-state index is 12.7. The molecule has 1 aromatic heterocycles. The lowest BCUT2D eigenvalue weighted by Gasteiger charge is -2.29. The number of rotatable bonds is 5. The van der Waals surface area contributed by atoms with Gasteiger partial charge in [0.15, 0.2) is 0 Å². The van der Waals surface area contributed by atoms with Crippen molar-refractivity contribution in [2.75, 3.05) is 17.2 Å². The Morgan fingerprint density at radius 2 is 1.93 bits per heavy atom. The van der Waals surface area contributed by atoms with Crippen molar-refractivity contribution in [3.63, 3.8) is 0 Å². The first-order valence-corrected chi connectivity index (χ1v) is 10.4. The molecule has 6 heteroatoms. The molecule has 0 bridgehead atoms. The predicted octanol–water partition coefficient (Wildman–Crippen LogP) is 4.53. The molecule has 2 aromatic carbocycles. The molecule has 1 aliphatic rings. The number of amides is 2. The zero-order valence-corrected chi connectivity index (χ0v) is 16.5. The molecule has 1 aliphatic heterocycles. The number of nitrogens with one attached hydrogen (secondary N) is 1. The van der Waals surface area contributed by atoms with E-state index in [9.17, 15) is 9.59 Å². The number of nitrogens with zero attached hydrogens (tertiary/aromatic N) is 1. The van der Waals surface area contributed by atoms with Crippen LogP contribution in [0, 0.1) is 0 Å². The van der Waals surface area contributed by atoms with Crippen molar-refractivity contribution in [3.05, 3.63) is 60.4 Å². The van der Waals surface area contributed by atoms with Gasteiger partial charge in [0.2, 0.25) is 11.8 Å². The average molecular weight is 394 g/mol. The van der Waals surface area contributed by atoms with Gasteiger partial charge in [-0.1, -0.05) is 30.3 Å². The van der Waals surface area contributed by atoms with Gasteiger partial charge in [0.1, 0.15) is 11.3 Å². The summed E-state index contributed by atoms with van der Waals surface area (Å²) in [6.45, 7) is 2.56. The second-order valence-electron chi connectivity index (χ2n) is 6.84. The van der Waals surface area contributed by atoms with Crippen LogP contribution in [0.1, 0.15) is 31.6 Å². The first-order valence-electron chi connectivity index (χ1n) is 9.42. The van der Waals surface area contributed by atoms with Gasteiger partial charge in [0, 0.05) is 35.4 Å². The molecule has 144 valence electrons. The summed E-state index contributed by atoms with van der Waals surface area (Å²) in [5, 5.41) is 3.94. The lowest BCUT2D eigenvalue weighted by Crippen LogP contribution is -2.36. The van der Waals surface area contributed by atoms with E-state index in [4.69, 9.17) is 4.42 Å². The number of furan rings is 1. The van der Waals surface area contributed by atoms with Crippen LogP contribution in [-0.2, 0) is 9.59 Å². The molecular formula is C22H22N2O3S. The SMILES string of the molecule is CC(NC(=O)CCC(=O)N1CCSc2ccccc21)c1cc2ccccc2o1. The molecule has 0 spiro atoms. The maximum atomic E-state index is 12.7. The van der Waals surface area contributed by atoms with Gasteiger partial charge in [0.25, 0.3) is 0 Å². The van der Waals surface area contributed by atoms with E-state index in [0.29, 0.717) is 12.3 Å². The van der Waals surface area contributed by atoms with E-state index < -0.39 is 0 Å². The van der Waals surface area contributed by atoms with Crippen molar-refractivity contribution in [1.82, 2.24) is 5.32 Å². The van der Waals surface area contributed by atoms with Crippen LogP contribution in [0.15, 0.2) is 63.9 Å². The Kier molecular flexibility index (Phi) is 5.39. The highest BCUT2D eigenvalue weighted by Crippen LogP contribution is 2.34. The minimum atomic E-state index is -0.248. The van der Waals surface area contributed by atoms with Crippen molar-refractivity contribution in [2.45, 2.75) is 30.7 Å². The fourth-order valence-corrected chi connectivity index (χ4v) is 4.38. The Morgan fingerprint density at radius 3 is 2.79 bits per heavy atom. The zero-order valence-electron chi connectivity index (χ0n) is 15.7. The van der Waals surface area contributed by atoms with E-state index in [1.807, 2.05) is 61.5 Å². The fourth-order valence-electron chi connectivity index (χ4n) is 3.38. The predicted molar refractivity (Wildman–Crippen MR) is 112 cm³/mol. The molecule has 0 radical (unpaired) electrons. The van der Waals surface area contributed by atoms with Gasteiger partial charge < -0.3 is 14.6 Å². The van der Waals surface area contributed by atoms with Gasteiger partial charge in [-0.3, -0.25) is 9.59 Å². The number of thioether (sulfide) groups is 1. The van der Waals surface area contributed by atoms with E-state index >= 15 is 0 Å². The first-order chi connectivity index (χ1) is 13.6. The second kappa shape index (κ2) is 8.10. The number of fused-ring (bicyclic) bond motifs is 2. The number of para-hydroxylation sites is 2. The van der Waals surface area contributed by atoms with Crippen LogP contribution in [0.5, 0.6) is 0 Å². The minimum absolute atomic E-state index is 0.0145. The van der Waals surface area contributed by atoms with Crippen LogP contribution in [0.25, 0.3) is 11.0 Å². The van der Waals surface area contributed by atoms with Crippen molar-refractivity contribution >= 4 is 40.2 Å². The summed E-state index contributed by atoms with van der Waals surface area (Å²) in [7, 11) is 0. The summed E-state index contributed by atoms with van der Waals surface area (Å²) in [6, 6.07) is 17.3. The summed E-state index contributed by atoms with van der Waals surface area (Å²) in [4.78, 5) is 27.9. The van der Waals surface area contributed by atoms with Crippen LogP contribution in [0.2, 0.25) is 0 Å². The van der Waals surface area contributed by atoms with Gasteiger partial charge in [-0.25, -0.2) is 0 Å². The Balaban J connectivity index is 1.33. The molecular weight excluding hydrogens is 372 g/mol. The topological polar surface area (TPSA) is 62.6 Å². The van der Waals surface area contributed by atoms with Gasteiger partial charge in [-0.15, -0.1) is 11.8 Å². The molecule has 28 heavy (non-hydrogen) atoms. The number of carbonyl (C=O) groups is 2. The number of anilines is 1. The van der Waals surface area contributed by atoms with E-state index in [1.54, 1.807) is 16.7 Å². The van der Waals surface area contributed by atoms with Gasteiger partial charge in [-0.05, 0) is 31.2 Å². The number of hydrogen-bond donors (Lipinski definition) is 1. The fraction of sp³-hybridized carbons (Fsp3) is 0.273.